The van der Waals surface area contributed by atoms with Crippen LogP contribution in [0, 0.1) is 29.6 Å². The van der Waals surface area contributed by atoms with Gasteiger partial charge in [-0.1, -0.05) is 6.58 Å². The molecule has 4 saturated carbocycles. The van der Waals surface area contributed by atoms with Gasteiger partial charge in [0.15, 0.2) is 0 Å². The molecule has 0 aliphatic heterocycles. The van der Waals surface area contributed by atoms with Crippen LogP contribution < -0.4 is 0 Å². The van der Waals surface area contributed by atoms with Crippen LogP contribution in [0.1, 0.15) is 66.2 Å². The van der Waals surface area contributed by atoms with E-state index in [0.29, 0.717) is 23.3 Å². The van der Waals surface area contributed by atoms with E-state index in [-0.39, 0.29) is 24.5 Å². The van der Waals surface area contributed by atoms with Gasteiger partial charge in [-0.2, -0.15) is 0 Å². The summed E-state index contributed by atoms with van der Waals surface area (Å²) in [6.07, 6.45) is 6.07. The molecule has 0 spiro atoms. The quantitative estimate of drug-likeness (QED) is 0.550. The molecule has 0 aromatic rings. The van der Waals surface area contributed by atoms with Crippen LogP contribution in [-0.2, 0) is 19.1 Å². The van der Waals surface area contributed by atoms with E-state index in [1.807, 2.05) is 20.8 Å². The smallest absolute Gasteiger partial charge is 0.333 e. The highest BCUT2D eigenvalue weighted by atomic mass is 16.6. The predicted molar refractivity (Wildman–Crippen MR) is 95.7 cm³/mol. The number of carbonyl (C=O) groups excluding carboxylic acids is 2. The number of ether oxygens (including phenoxy) is 2. The number of carbonyl (C=O) groups is 2. The second-order valence-corrected chi connectivity index (χ2v) is 9.52. The van der Waals surface area contributed by atoms with Gasteiger partial charge in [0.25, 0.3) is 0 Å². The molecule has 4 fully saturated rings. The van der Waals surface area contributed by atoms with Crippen molar-refractivity contribution in [2.75, 3.05) is 0 Å². The molecule has 0 heterocycles. The fourth-order valence-corrected chi connectivity index (χ4v) is 5.62. The van der Waals surface area contributed by atoms with Crippen LogP contribution in [0.3, 0.4) is 0 Å². The Kier molecular flexibility index (Phi) is 5.00. The Bertz CT molecular complexity index is 529. The van der Waals surface area contributed by atoms with Gasteiger partial charge in [-0.25, -0.2) is 4.79 Å². The second-order valence-electron chi connectivity index (χ2n) is 9.52. The molecule has 4 aliphatic carbocycles. The largest absolute Gasteiger partial charge is 0.460 e. The van der Waals surface area contributed by atoms with Crippen molar-refractivity contribution in [3.05, 3.63) is 12.2 Å². The van der Waals surface area contributed by atoms with Crippen molar-refractivity contribution in [1.82, 2.24) is 0 Å². The van der Waals surface area contributed by atoms with E-state index in [0.717, 1.165) is 11.8 Å². The molecule has 1 atom stereocenters. The highest BCUT2D eigenvalue weighted by Crippen LogP contribution is 2.58. The minimum Gasteiger partial charge on any atom is -0.460 e. The molecule has 0 aromatic heterocycles. The Morgan fingerprint density at radius 3 is 2.00 bits per heavy atom. The molecule has 140 valence electrons. The van der Waals surface area contributed by atoms with Crippen LogP contribution >= 0.6 is 0 Å². The van der Waals surface area contributed by atoms with Crippen molar-refractivity contribution in [2.45, 2.75) is 77.9 Å². The molecule has 4 aliphatic rings. The molecule has 0 amide bonds. The molecule has 25 heavy (non-hydrogen) atoms. The third kappa shape index (κ3) is 4.27. The van der Waals surface area contributed by atoms with Gasteiger partial charge in [0, 0.05) is 11.5 Å². The summed E-state index contributed by atoms with van der Waals surface area (Å²) in [5.41, 5.74) is -0.137. The highest BCUT2D eigenvalue weighted by Gasteiger charge is 2.52. The zero-order valence-corrected chi connectivity index (χ0v) is 16.0. The molecule has 4 nitrogen and oxygen atoms in total. The lowest BCUT2D eigenvalue weighted by atomic mass is 9.50. The van der Waals surface area contributed by atoms with Crippen molar-refractivity contribution in [3.8, 4) is 0 Å². The molecule has 4 heteroatoms. The van der Waals surface area contributed by atoms with Crippen molar-refractivity contribution in [1.29, 1.82) is 0 Å². The first kappa shape index (κ1) is 18.5. The summed E-state index contributed by atoms with van der Waals surface area (Å²) in [5, 5.41) is 0. The average molecular weight is 348 g/mol. The summed E-state index contributed by atoms with van der Waals surface area (Å²) in [5.74, 6) is 2.49. The summed E-state index contributed by atoms with van der Waals surface area (Å²) in [6.45, 7) is 10.9. The van der Waals surface area contributed by atoms with E-state index in [1.165, 1.54) is 32.1 Å². The van der Waals surface area contributed by atoms with Gasteiger partial charge < -0.3 is 9.47 Å². The normalized spacial score (nSPS) is 34.5. The summed E-state index contributed by atoms with van der Waals surface area (Å²) < 4.78 is 11.3. The van der Waals surface area contributed by atoms with Gasteiger partial charge >= 0.3 is 11.9 Å². The predicted octanol–water partition coefficient (Wildman–Crippen LogP) is 4.28. The fourth-order valence-electron chi connectivity index (χ4n) is 5.62. The lowest BCUT2D eigenvalue weighted by Crippen LogP contribution is -2.51. The van der Waals surface area contributed by atoms with Crippen molar-refractivity contribution in [2.24, 2.45) is 29.6 Å². The first-order chi connectivity index (χ1) is 11.6. The maximum atomic E-state index is 12.4. The molecular formula is C21H32O4. The van der Waals surface area contributed by atoms with Crippen molar-refractivity contribution in [3.63, 3.8) is 0 Å². The Labute approximate surface area is 151 Å². The van der Waals surface area contributed by atoms with E-state index in [4.69, 9.17) is 9.47 Å². The van der Waals surface area contributed by atoms with E-state index >= 15 is 0 Å². The summed E-state index contributed by atoms with van der Waals surface area (Å²) >= 11 is 0. The topological polar surface area (TPSA) is 52.6 Å². The van der Waals surface area contributed by atoms with Crippen LogP contribution in [0.2, 0.25) is 0 Å². The fraction of sp³-hybridized carbons (Fsp3) is 0.810. The van der Waals surface area contributed by atoms with Gasteiger partial charge in [0.1, 0.15) is 11.7 Å². The Balaban J connectivity index is 1.75. The molecule has 0 radical (unpaired) electrons. The molecule has 4 rings (SSSR count). The number of esters is 2. The second kappa shape index (κ2) is 6.77. The van der Waals surface area contributed by atoms with E-state index in [1.54, 1.807) is 6.92 Å². The molecule has 0 N–H and O–H groups in total. The van der Waals surface area contributed by atoms with Crippen molar-refractivity contribution >= 4 is 11.9 Å². The summed E-state index contributed by atoms with van der Waals surface area (Å²) in [6, 6.07) is 0. The Hall–Kier alpha value is -1.32. The van der Waals surface area contributed by atoms with E-state index < -0.39 is 5.60 Å². The van der Waals surface area contributed by atoms with Crippen LogP contribution in [0.4, 0.5) is 0 Å². The number of hydrogen-bond donors (Lipinski definition) is 0. The van der Waals surface area contributed by atoms with Gasteiger partial charge in [0.05, 0.1) is 6.42 Å². The molecule has 0 saturated heterocycles. The lowest BCUT2D eigenvalue weighted by molar-refractivity contribution is -0.170. The zero-order chi connectivity index (χ0) is 18.4. The van der Waals surface area contributed by atoms with Crippen LogP contribution in [0.5, 0.6) is 0 Å². The maximum absolute atomic E-state index is 12.4. The minimum atomic E-state index is -0.524. The summed E-state index contributed by atoms with van der Waals surface area (Å²) in [4.78, 5) is 24.6. The standard InChI is InChI=1S/C21H32O4/c1-12(2)20(23)24-17(11-18(22)25-21(3,4)5)19-15-7-13-6-14(9-15)10-16(19)8-13/h13-17,19H,1,6-11H2,2-5H3. The third-order valence-electron chi connectivity index (χ3n) is 6.12. The van der Waals surface area contributed by atoms with Gasteiger partial charge in [-0.05, 0) is 83.5 Å². The SMILES string of the molecule is C=C(C)C(=O)OC(CC(=O)OC(C)(C)C)C1C2CC3CC(C2)CC1C3. The highest BCUT2D eigenvalue weighted by molar-refractivity contribution is 5.87. The van der Waals surface area contributed by atoms with Crippen molar-refractivity contribution < 1.29 is 19.1 Å². The van der Waals surface area contributed by atoms with Gasteiger partial charge in [-0.15, -0.1) is 0 Å². The molecule has 1 unspecified atom stereocenters. The van der Waals surface area contributed by atoms with Crippen LogP contribution in [0.25, 0.3) is 0 Å². The molecular weight excluding hydrogens is 316 g/mol. The van der Waals surface area contributed by atoms with Crippen LogP contribution in [0.15, 0.2) is 12.2 Å². The Morgan fingerprint density at radius 1 is 1.04 bits per heavy atom. The summed E-state index contributed by atoms with van der Waals surface area (Å²) in [7, 11) is 0. The van der Waals surface area contributed by atoms with E-state index in [9.17, 15) is 9.59 Å². The van der Waals surface area contributed by atoms with E-state index in [2.05, 4.69) is 6.58 Å². The number of rotatable bonds is 5. The Morgan fingerprint density at radius 2 is 1.56 bits per heavy atom. The monoisotopic (exact) mass is 348 g/mol. The molecule has 0 aromatic carbocycles. The first-order valence-electron chi connectivity index (χ1n) is 9.70. The van der Waals surface area contributed by atoms with Gasteiger partial charge in [0.2, 0.25) is 0 Å². The number of hydrogen-bond acceptors (Lipinski definition) is 4. The van der Waals surface area contributed by atoms with Gasteiger partial charge in [-0.3, -0.25) is 4.79 Å². The average Bonchev–Trinajstić information content (AvgIpc) is 2.43. The minimum absolute atomic E-state index is 0.156. The van der Waals surface area contributed by atoms with Crippen LogP contribution in [-0.4, -0.2) is 23.6 Å². The maximum Gasteiger partial charge on any atom is 0.333 e. The first-order valence-corrected chi connectivity index (χ1v) is 9.70. The zero-order valence-electron chi connectivity index (χ0n) is 16.0. The lowest BCUT2D eigenvalue weighted by Gasteiger charge is -2.55. The molecule has 4 bridgehead atoms. The third-order valence-corrected chi connectivity index (χ3v) is 6.12.